The molecular formula is C14H19NO4. The summed E-state index contributed by atoms with van der Waals surface area (Å²) in [6.45, 7) is 2.21. The number of benzene rings is 1. The summed E-state index contributed by atoms with van der Waals surface area (Å²) in [5, 5.41) is 21.4. The van der Waals surface area contributed by atoms with Gasteiger partial charge in [0.25, 0.3) is 5.91 Å². The molecule has 0 bridgehead atoms. The van der Waals surface area contributed by atoms with E-state index in [0.29, 0.717) is 12.5 Å². The van der Waals surface area contributed by atoms with Crippen LogP contribution in [0.5, 0.6) is 11.5 Å². The van der Waals surface area contributed by atoms with Gasteiger partial charge in [0, 0.05) is 31.4 Å². The third kappa shape index (κ3) is 4.13. The van der Waals surface area contributed by atoms with E-state index in [9.17, 15) is 15.0 Å². The molecule has 0 aromatic heterocycles. The van der Waals surface area contributed by atoms with Gasteiger partial charge in [0.05, 0.1) is 0 Å². The van der Waals surface area contributed by atoms with Gasteiger partial charge in [-0.3, -0.25) is 4.79 Å². The minimum Gasteiger partial charge on any atom is -0.508 e. The SMILES string of the molecule is O=C(NCCC1CCOCC1)c1cc(O)cc(O)c1. The fourth-order valence-electron chi connectivity index (χ4n) is 2.25. The van der Waals surface area contributed by atoms with Crippen LogP contribution in [0.15, 0.2) is 18.2 Å². The first kappa shape index (κ1) is 13.7. The molecule has 1 aromatic rings. The van der Waals surface area contributed by atoms with E-state index in [0.717, 1.165) is 32.5 Å². The zero-order chi connectivity index (χ0) is 13.7. The number of ether oxygens (including phenoxy) is 1. The van der Waals surface area contributed by atoms with Crippen LogP contribution in [0, 0.1) is 5.92 Å². The van der Waals surface area contributed by atoms with Crippen LogP contribution in [-0.4, -0.2) is 35.9 Å². The van der Waals surface area contributed by atoms with Crippen LogP contribution < -0.4 is 5.32 Å². The van der Waals surface area contributed by atoms with Crippen LogP contribution in [0.1, 0.15) is 29.6 Å². The molecule has 2 rings (SSSR count). The largest absolute Gasteiger partial charge is 0.508 e. The summed E-state index contributed by atoms with van der Waals surface area (Å²) < 4.78 is 5.28. The number of hydrogen-bond acceptors (Lipinski definition) is 4. The van der Waals surface area contributed by atoms with Gasteiger partial charge in [-0.2, -0.15) is 0 Å². The van der Waals surface area contributed by atoms with E-state index in [2.05, 4.69) is 5.32 Å². The Kier molecular flexibility index (Phi) is 4.63. The minimum absolute atomic E-state index is 0.116. The molecule has 0 radical (unpaired) electrons. The molecule has 3 N–H and O–H groups in total. The molecule has 1 aromatic carbocycles. The van der Waals surface area contributed by atoms with Gasteiger partial charge in [-0.1, -0.05) is 0 Å². The Morgan fingerprint density at radius 3 is 2.47 bits per heavy atom. The lowest BCUT2D eigenvalue weighted by Crippen LogP contribution is -2.27. The second-order valence-electron chi connectivity index (χ2n) is 4.84. The van der Waals surface area contributed by atoms with Crippen molar-refractivity contribution in [1.82, 2.24) is 5.32 Å². The van der Waals surface area contributed by atoms with Gasteiger partial charge in [-0.25, -0.2) is 0 Å². The van der Waals surface area contributed by atoms with Crippen molar-refractivity contribution in [1.29, 1.82) is 0 Å². The van der Waals surface area contributed by atoms with E-state index < -0.39 is 0 Å². The molecule has 1 amide bonds. The summed E-state index contributed by atoms with van der Waals surface area (Å²) in [6.07, 6.45) is 3.02. The van der Waals surface area contributed by atoms with Gasteiger partial charge in [0.1, 0.15) is 11.5 Å². The van der Waals surface area contributed by atoms with E-state index in [1.807, 2.05) is 0 Å². The molecule has 0 unspecified atom stereocenters. The lowest BCUT2D eigenvalue weighted by Gasteiger charge is -2.21. The quantitative estimate of drug-likeness (QED) is 0.773. The molecule has 19 heavy (non-hydrogen) atoms. The Labute approximate surface area is 112 Å². The van der Waals surface area contributed by atoms with Crippen molar-refractivity contribution in [3.8, 4) is 11.5 Å². The number of carbonyl (C=O) groups is 1. The first-order valence-electron chi connectivity index (χ1n) is 6.54. The van der Waals surface area contributed by atoms with Gasteiger partial charge in [-0.15, -0.1) is 0 Å². The molecule has 1 saturated heterocycles. The van der Waals surface area contributed by atoms with Crippen molar-refractivity contribution in [3.63, 3.8) is 0 Å². The molecule has 5 nitrogen and oxygen atoms in total. The number of carbonyl (C=O) groups excluding carboxylic acids is 1. The Morgan fingerprint density at radius 1 is 1.21 bits per heavy atom. The molecule has 1 fully saturated rings. The Hall–Kier alpha value is -1.75. The third-order valence-corrected chi connectivity index (χ3v) is 3.34. The number of rotatable bonds is 4. The number of aromatic hydroxyl groups is 2. The fourth-order valence-corrected chi connectivity index (χ4v) is 2.25. The van der Waals surface area contributed by atoms with Gasteiger partial charge < -0.3 is 20.3 Å². The normalized spacial score (nSPS) is 16.2. The standard InChI is InChI=1S/C14H19NO4/c16-12-7-11(8-13(17)9-12)14(18)15-4-1-10-2-5-19-6-3-10/h7-10,16-17H,1-6H2,(H,15,18). The smallest absolute Gasteiger partial charge is 0.251 e. The van der Waals surface area contributed by atoms with E-state index in [1.165, 1.54) is 18.2 Å². The predicted molar refractivity (Wildman–Crippen MR) is 70.3 cm³/mol. The number of hydrogen-bond donors (Lipinski definition) is 3. The number of amides is 1. The third-order valence-electron chi connectivity index (χ3n) is 3.34. The van der Waals surface area contributed by atoms with Crippen LogP contribution in [0.2, 0.25) is 0 Å². The van der Waals surface area contributed by atoms with E-state index in [4.69, 9.17) is 4.74 Å². The van der Waals surface area contributed by atoms with Crippen molar-refractivity contribution >= 4 is 5.91 Å². The molecule has 0 spiro atoms. The second kappa shape index (κ2) is 6.43. The minimum atomic E-state index is -0.279. The van der Waals surface area contributed by atoms with E-state index in [1.54, 1.807) is 0 Å². The average Bonchev–Trinajstić information content (AvgIpc) is 2.38. The van der Waals surface area contributed by atoms with Gasteiger partial charge in [0.2, 0.25) is 0 Å². The summed E-state index contributed by atoms with van der Waals surface area (Å²) in [5.74, 6) is 0.0917. The molecule has 1 heterocycles. The summed E-state index contributed by atoms with van der Waals surface area (Å²) >= 11 is 0. The van der Waals surface area contributed by atoms with Crippen molar-refractivity contribution < 1.29 is 19.7 Å². The monoisotopic (exact) mass is 265 g/mol. The van der Waals surface area contributed by atoms with Gasteiger partial charge in [-0.05, 0) is 37.3 Å². The molecule has 0 saturated carbocycles. The predicted octanol–water partition coefficient (Wildman–Crippen LogP) is 1.64. The van der Waals surface area contributed by atoms with Crippen molar-refractivity contribution in [3.05, 3.63) is 23.8 Å². The number of phenolic OH excluding ortho intramolecular Hbond substituents is 2. The highest BCUT2D eigenvalue weighted by Gasteiger charge is 2.14. The van der Waals surface area contributed by atoms with Crippen molar-refractivity contribution in [2.75, 3.05) is 19.8 Å². The Bertz CT molecular complexity index is 421. The molecular weight excluding hydrogens is 246 g/mol. The molecule has 104 valence electrons. The van der Waals surface area contributed by atoms with Crippen LogP contribution in [-0.2, 0) is 4.74 Å². The van der Waals surface area contributed by atoms with E-state index >= 15 is 0 Å². The summed E-state index contributed by atoms with van der Waals surface area (Å²) in [4.78, 5) is 11.8. The summed E-state index contributed by atoms with van der Waals surface area (Å²) in [7, 11) is 0. The zero-order valence-electron chi connectivity index (χ0n) is 10.8. The fraction of sp³-hybridized carbons (Fsp3) is 0.500. The lowest BCUT2D eigenvalue weighted by molar-refractivity contribution is 0.0636. The van der Waals surface area contributed by atoms with Crippen LogP contribution in [0.4, 0.5) is 0 Å². The van der Waals surface area contributed by atoms with Crippen LogP contribution >= 0.6 is 0 Å². The summed E-state index contributed by atoms with van der Waals surface area (Å²) in [6, 6.07) is 3.87. The molecule has 0 atom stereocenters. The number of nitrogens with one attached hydrogen (secondary N) is 1. The molecule has 1 aliphatic rings. The molecule has 5 heteroatoms. The topological polar surface area (TPSA) is 78.8 Å². The first-order chi connectivity index (χ1) is 9.15. The van der Waals surface area contributed by atoms with Gasteiger partial charge >= 0.3 is 0 Å². The highest BCUT2D eigenvalue weighted by atomic mass is 16.5. The second-order valence-corrected chi connectivity index (χ2v) is 4.84. The van der Waals surface area contributed by atoms with Gasteiger partial charge in [0.15, 0.2) is 0 Å². The highest BCUT2D eigenvalue weighted by molar-refractivity contribution is 5.95. The lowest BCUT2D eigenvalue weighted by atomic mass is 9.97. The van der Waals surface area contributed by atoms with E-state index in [-0.39, 0.29) is 23.0 Å². The van der Waals surface area contributed by atoms with Crippen LogP contribution in [0.3, 0.4) is 0 Å². The highest BCUT2D eigenvalue weighted by Crippen LogP contribution is 2.20. The summed E-state index contributed by atoms with van der Waals surface area (Å²) in [5.41, 5.74) is 0.268. The zero-order valence-corrected chi connectivity index (χ0v) is 10.8. The maximum absolute atomic E-state index is 11.8. The Morgan fingerprint density at radius 2 is 1.84 bits per heavy atom. The Balaban J connectivity index is 1.80. The van der Waals surface area contributed by atoms with Crippen molar-refractivity contribution in [2.45, 2.75) is 19.3 Å². The maximum atomic E-state index is 11.8. The molecule has 0 aliphatic carbocycles. The molecule has 1 aliphatic heterocycles. The first-order valence-corrected chi connectivity index (χ1v) is 6.54. The maximum Gasteiger partial charge on any atom is 0.251 e. The van der Waals surface area contributed by atoms with Crippen molar-refractivity contribution in [2.24, 2.45) is 5.92 Å². The average molecular weight is 265 g/mol. The van der Waals surface area contributed by atoms with Crippen LogP contribution in [0.25, 0.3) is 0 Å². The number of phenols is 2.